The zero-order chi connectivity index (χ0) is 18.4. The van der Waals surface area contributed by atoms with Gasteiger partial charge in [-0.1, -0.05) is 12.1 Å². The summed E-state index contributed by atoms with van der Waals surface area (Å²) >= 11 is 0. The van der Waals surface area contributed by atoms with Crippen molar-refractivity contribution in [2.24, 2.45) is 0 Å². The molecular formula is C16H15F2NO5S. The Bertz CT molecular complexity index is 871. The molecule has 0 saturated carbocycles. The van der Waals surface area contributed by atoms with E-state index in [1.54, 1.807) is 6.07 Å². The van der Waals surface area contributed by atoms with E-state index in [-0.39, 0.29) is 23.9 Å². The van der Waals surface area contributed by atoms with Gasteiger partial charge in [0.1, 0.15) is 19.0 Å². The molecular weight excluding hydrogens is 356 g/mol. The summed E-state index contributed by atoms with van der Waals surface area (Å²) in [5.74, 6) is -2.55. The summed E-state index contributed by atoms with van der Waals surface area (Å²) in [6.07, 6.45) is 0. The normalized spacial score (nSPS) is 11.2. The van der Waals surface area contributed by atoms with Crippen LogP contribution in [-0.2, 0) is 14.8 Å². The molecule has 0 aliphatic rings. The molecule has 25 heavy (non-hydrogen) atoms. The first kappa shape index (κ1) is 18.8. The monoisotopic (exact) mass is 371 g/mol. The van der Waals surface area contributed by atoms with Crippen molar-refractivity contribution in [3.63, 3.8) is 0 Å². The first-order chi connectivity index (χ1) is 11.8. The van der Waals surface area contributed by atoms with E-state index < -0.39 is 33.2 Å². The van der Waals surface area contributed by atoms with Gasteiger partial charge in [0.05, 0.1) is 10.5 Å². The molecule has 2 aromatic carbocycles. The molecule has 0 bridgehead atoms. The van der Waals surface area contributed by atoms with E-state index in [0.29, 0.717) is 0 Å². The lowest BCUT2D eigenvalue weighted by atomic mass is 10.2. The Morgan fingerprint density at radius 2 is 1.80 bits per heavy atom. The van der Waals surface area contributed by atoms with E-state index in [9.17, 15) is 22.0 Å². The van der Waals surface area contributed by atoms with Gasteiger partial charge in [-0.25, -0.2) is 26.7 Å². The van der Waals surface area contributed by atoms with E-state index in [2.05, 4.69) is 4.72 Å². The Morgan fingerprint density at radius 1 is 1.08 bits per heavy atom. The number of hydrogen-bond donors (Lipinski definition) is 1. The zero-order valence-corrected chi connectivity index (χ0v) is 14.0. The minimum absolute atomic E-state index is 0.00756. The minimum atomic E-state index is -3.83. The third kappa shape index (κ3) is 4.74. The highest BCUT2D eigenvalue weighted by Gasteiger charge is 2.19. The Hall–Kier alpha value is -2.52. The lowest BCUT2D eigenvalue weighted by Crippen LogP contribution is -2.20. The van der Waals surface area contributed by atoms with Crippen LogP contribution in [0.25, 0.3) is 0 Å². The van der Waals surface area contributed by atoms with Crippen molar-refractivity contribution >= 4 is 16.0 Å². The minimum Gasteiger partial charge on any atom is -0.487 e. The number of carbonyl (C=O) groups is 1. The quantitative estimate of drug-likeness (QED) is 0.596. The first-order valence-corrected chi connectivity index (χ1v) is 8.61. The molecule has 0 unspecified atom stereocenters. The number of ether oxygens (including phenoxy) is 2. The highest BCUT2D eigenvalue weighted by Crippen LogP contribution is 2.17. The summed E-state index contributed by atoms with van der Waals surface area (Å²) < 4.78 is 62.5. The van der Waals surface area contributed by atoms with Crippen LogP contribution < -0.4 is 9.46 Å². The fraction of sp³-hybridized carbons (Fsp3) is 0.188. The van der Waals surface area contributed by atoms with Gasteiger partial charge in [0.2, 0.25) is 10.0 Å². The maximum Gasteiger partial charge on any atom is 0.341 e. The molecule has 0 fully saturated rings. The number of hydrogen-bond acceptors (Lipinski definition) is 5. The van der Waals surface area contributed by atoms with Crippen molar-refractivity contribution < 1.29 is 31.5 Å². The van der Waals surface area contributed by atoms with Crippen LogP contribution in [0, 0.1) is 11.6 Å². The molecule has 134 valence electrons. The van der Waals surface area contributed by atoms with E-state index in [1.165, 1.54) is 25.2 Å². The van der Waals surface area contributed by atoms with Crippen molar-refractivity contribution in [1.29, 1.82) is 0 Å². The predicted molar refractivity (Wildman–Crippen MR) is 84.8 cm³/mol. The van der Waals surface area contributed by atoms with Gasteiger partial charge in [0, 0.05) is 0 Å². The molecule has 6 nitrogen and oxygen atoms in total. The molecule has 2 rings (SSSR count). The van der Waals surface area contributed by atoms with E-state index >= 15 is 0 Å². The molecule has 9 heteroatoms. The number of rotatable bonds is 7. The van der Waals surface area contributed by atoms with Gasteiger partial charge in [-0.2, -0.15) is 0 Å². The third-order valence-electron chi connectivity index (χ3n) is 3.15. The zero-order valence-electron chi connectivity index (χ0n) is 13.2. The summed E-state index contributed by atoms with van der Waals surface area (Å²) in [7, 11) is -2.64. The summed E-state index contributed by atoms with van der Waals surface area (Å²) in [5, 5.41) is 0. The van der Waals surface area contributed by atoms with Crippen LogP contribution in [-0.4, -0.2) is 34.6 Å². The van der Waals surface area contributed by atoms with Crippen molar-refractivity contribution in [3.05, 3.63) is 59.7 Å². The highest BCUT2D eigenvalue weighted by molar-refractivity contribution is 7.89. The van der Waals surface area contributed by atoms with Crippen LogP contribution in [0.15, 0.2) is 47.4 Å². The maximum atomic E-state index is 13.7. The van der Waals surface area contributed by atoms with Crippen LogP contribution in [0.2, 0.25) is 0 Å². The van der Waals surface area contributed by atoms with Crippen molar-refractivity contribution in [3.8, 4) is 5.75 Å². The topological polar surface area (TPSA) is 81.7 Å². The number of sulfonamides is 1. The second-order valence-electron chi connectivity index (χ2n) is 4.76. The summed E-state index contributed by atoms with van der Waals surface area (Å²) in [5.41, 5.74) is -0.526. The Balaban J connectivity index is 1.99. The van der Waals surface area contributed by atoms with Crippen LogP contribution in [0.3, 0.4) is 0 Å². The van der Waals surface area contributed by atoms with Gasteiger partial charge in [-0.15, -0.1) is 0 Å². The predicted octanol–water partition coefficient (Wildman–Crippen LogP) is 2.11. The standard InChI is InChI=1S/C16H15F2NO5S/c1-19-25(21,22)11-6-7-13(17)12(10-11)16(20)24-9-8-23-15-5-3-2-4-14(15)18/h2-7,10,19H,8-9H2,1H3. The molecule has 0 aromatic heterocycles. The van der Waals surface area contributed by atoms with Gasteiger partial charge >= 0.3 is 5.97 Å². The summed E-state index contributed by atoms with van der Waals surface area (Å²) in [4.78, 5) is 11.6. The number of halogens is 2. The molecule has 1 N–H and O–H groups in total. The highest BCUT2D eigenvalue weighted by atomic mass is 32.2. The number of para-hydroxylation sites is 1. The smallest absolute Gasteiger partial charge is 0.341 e. The van der Waals surface area contributed by atoms with Crippen LogP contribution in [0.4, 0.5) is 8.78 Å². The summed E-state index contributed by atoms with van der Waals surface area (Å²) in [6.45, 7) is -0.418. The molecule has 0 aliphatic carbocycles. The first-order valence-electron chi connectivity index (χ1n) is 7.12. The molecule has 0 amide bonds. The molecule has 0 heterocycles. The van der Waals surface area contributed by atoms with Gasteiger partial charge in [0.25, 0.3) is 0 Å². The molecule has 2 aromatic rings. The fourth-order valence-corrected chi connectivity index (χ4v) is 2.63. The van der Waals surface area contributed by atoms with Crippen LogP contribution in [0.5, 0.6) is 5.75 Å². The third-order valence-corrected chi connectivity index (χ3v) is 4.56. The lowest BCUT2D eigenvalue weighted by Gasteiger charge is -2.09. The van der Waals surface area contributed by atoms with Crippen molar-refractivity contribution in [1.82, 2.24) is 4.72 Å². The average Bonchev–Trinajstić information content (AvgIpc) is 2.60. The van der Waals surface area contributed by atoms with E-state index in [1.807, 2.05) is 0 Å². The largest absolute Gasteiger partial charge is 0.487 e. The Kier molecular flexibility index (Phi) is 6.05. The Morgan fingerprint density at radius 3 is 2.48 bits per heavy atom. The molecule has 0 radical (unpaired) electrons. The van der Waals surface area contributed by atoms with Gasteiger partial charge in [-0.05, 0) is 37.4 Å². The Labute approximate surface area is 143 Å². The number of nitrogens with one attached hydrogen (secondary N) is 1. The fourth-order valence-electron chi connectivity index (χ4n) is 1.87. The number of benzene rings is 2. The lowest BCUT2D eigenvalue weighted by molar-refractivity contribution is 0.0443. The molecule has 0 aliphatic heterocycles. The van der Waals surface area contributed by atoms with Crippen LogP contribution >= 0.6 is 0 Å². The SMILES string of the molecule is CNS(=O)(=O)c1ccc(F)c(C(=O)OCCOc2ccccc2F)c1. The van der Waals surface area contributed by atoms with Crippen molar-refractivity contribution in [2.75, 3.05) is 20.3 Å². The molecule has 0 spiro atoms. The summed E-state index contributed by atoms with van der Waals surface area (Å²) in [6, 6.07) is 8.45. The van der Waals surface area contributed by atoms with Gasteiger partial charge < -0.3 is 9.47 Å². The van der Waals surface area contributed by atoms with Gasteiger partial charge in [0.15, 0.2) is 11.6 Å². The van der Waals surface area contributed by atoms with Crippen molar-refractivity contribution in [2.45, 2.75) is 4.90 Å². The van der Waals surface area contributed by atoms with E-state index in [0.717, 1.165) is 18.2 Å². The van der Waals surface area contributed by atoms with Gasteiger partial charge in [-0.3, -0.25) is 0 Å². The number of carbonyl (C=O) groups excluding carboxylic acids is 1. The average molecular weight is 371 g/mol. The molecule has 0 atom stereocenters. The van der Waals surface area contributed by atoms with Crippen LogP contribution in [0.1, 0.15) is 10.4 Å². The second-order valence-corrected chi connectivity index (χ2v) is 6.65. The molecule has 0 saturated heterocycles. The number of esters is 1. The second kappa shape index (κ2) is 8.04. The maximum absolute atomic E-state index is 13.7. The van der Waals surface area contributed by atoms with E-state index in [4.69, 9.17) is 9.47 Å².